The van der Waals surface area contributed by atoms with Gasteiger partial charge in [0.05, 0.1) is 17.6 Å². The van der Waals surface area contributed by atoms with Crippen molar-refractivity contribution >= 4 is 0 Å². The molecule has 0 aliphatic carbocycles. The lowest BCUT2D eigenvalue weighted by Gasteiger charge is -2.04. The minimum Gasteiger partial charge on any atom is -0.326 e. The first-order chi connectivity index (χ1) is 7.20. The van der Waals surface area contributed by atoms with Crippen LogP contribution in [0.5, 0.6) is 0 Å². The molecule has 2 N–H and O–H groups in total. The fourth-order valence-corrected chi connectivity index (χ4v) is 1.59. The summed E-state index contributed by atoms with van der Waals surface area (Å²) in [4.78, 5) is 4.14. The first kappa shape index (κ1) is 9.86. The summed E-state index contributed by atoms with van der Waals surface area (Å²) < 4.78 is 1.88. The summed E-state index contributed by atoms with van der Waals surface area (Å²) in [7, 11) is 0. The fourth-order valence-electron chi connectivity index (χ4n) is 1.59. The lowest BCUT2D eigenvalue weighted by molar-refractivity contribution is 0.824. The molecule has 0 amide bonds. The Balaban J connectivity index is 2.49. The summed E-state index contributed by atoms with van der Waals surface area (Å²) in [6, 6.07) is 4.04. The molecule has 0 bridgehead atoms. The van der Waals surface area contributed by atoms with Crippen LogP contribution in [0.4, 0.5) is 0 Å². The maximum atomic E-state index is 5.57. The van der Waals surface area contributed by atoms with Crippen molar-refractivity contribution in [3.8, 4) is 5.69 Å². The van der Waals surface area contributed by atoms with Gasteiger partial charge in [0.25, 0.3) is 0 Å². The summed E-state index contributed by atoms with van der Waals surface area (Å²) in [5.41, 5.74) is 9.65. The SMILES string of the molecule is Cc1cc(C)n(-c2cncc(CN)c2)n1. The molecule has 2 aromatic heterocycles. The maximum Gasteiger partial charge on any atom is 0.0835 e. The molecule has 0 radical (unpaired) electrons. The molecule has 15 heavy (non-hydrogen) atoms. The zero-order valence-electron chi connectivity index (χ0n) is 8.94. The highest BCUT2D eigenvalue weighted by atomic mass is 15.3. The standard InChI is InChI=1S/C11H14N4/c1-8-3-9(2)15(14-8)11-4-10(5-12)6-13-7-11/h3-4,6-7H,5,12H2,1-2H3. The van der Waals surface area contributed by atoms with E-state index in [0.29, 0.717) is 6.54 Å². The van der Waals surface area contributed by atoms with Gasteiger partial charge in [0.2, 0.25) is 0 Å². The summed E-state index contributed by atoms with van der Waals surface area (Å²) in [5, 5.41) is 4.39. The van der Waals surface area contributed by atoms with E-state index in [4.69, 9.17) is 5.73 Å². The number of aryl methyl sites for hydroxylation is 2. The van der Waals surface area contributed by atoms with Gasteiger partial charge < -0.3 is 5.73 Å². The predicted molar refractivity (Wildman–Crippen MR) is 58.7 cm³/mol. The summed E-state index contributed by atoms with van der Waals surface area (Å²) in [6.07, 6.45) is 3.56. The Kier molecular flexibility index (Phi) is 2.51. The van der Waals surface area contributed by atoms with Gasteiger partial charge in [0.15, 0.2) is 0 Å². The molecule has 0 spiro atoms. The number of pyridine rings is 1. The maximum absolute atomic E-state index is 5.57. The third kappa shape index (κ3) is 1.89. The predicted octanol–water partition coefficient (Wildman–Crippen LogP) is 1.34. The van der Waals surface area contributed by atoms with Crippen LogP contribution in [0.1, 0.15) is 17.0 Å². The molecule has 78 valence electrons. The molecule has 0 saturated heterocycles. The third-order valence-electron chi connectivity index (χ3n) is 2.27. The second kappa shape index (κ2) is 3.82. The molecule has 4 nitrogen and oxygen atoms in total. The molecule has 0 aliphatic heterocycles. The highest BCUT2D eigenvalue weighted by molar-refractivity contribution is 5.33. The molecule has 0 aliphatic rings. The average molecular weight is 202 g/mol. The van der Waals surface area contributed by atoms with Crippen LogP contribution in [0.25, 0.3) is 5.69 Å². The number of aromatic nitrogens is 3. The van der Waals surface area contributed by atoms with E-state index in [9.17, 15) is 0 Å². The molecular weight excluding hydrogens is 188 g/mol. The van der Waals surface area contributed by atoms with E-state index in [-0.39, 0.29) is 0 Å². The first-order valence-electron chi connectivity index (χ1n) is 4.88. The number of hydrogen-bond acceptors (Lipinski definition) is 3. The van der Waals surface area contributed by atoms with Gasteiger partial charge in [-0.05, 0) is 31.5 Å². The minimum absolute atomic E-state index is 0.500. The Bertz CT molecular complexity index is 473. The molecule has 2 aromatic rings. The van der Waals surface area contributed by atoms with Gasteiger partial charge in [-0.2, -0.15) is 5.10 Å². The Morgan fingerprint density at radius 2 is 2.07 bits per heavy atom. The second-order valence-corrected chi connectivity index (χ2v) is 3.59. The van der Waals surface area contributed by atoms with E-state index in [1.54, 1.807) is 12.4 Å². The normalized spacial score (nSPS) is 10.6. The van der Waals surface area contributed by atoms with Gasteiger partial charge >= 0.3 is 0 Å². The van der Waals surface area contributed by atoms with Crippen LogP contribution in [0.3, 0.4) is 0 Å². The molecule has 0 atom stereocenters. The van der Waals surface area contributed by atoms with Crippen LogP contribution in [-0.4, -0.2) is 14.8 Å². The van der Waals surface area contributed by atoms with Crippen molar-refractivity contribution in [2.45, 2.75) is 20.4 Å². The van der Waals surface area contributed by atoms with Crippen LogP contribution >= 0.6 is 0 Å². The van der Waals surface area contributed by atoms with E-state index in [2.05, 4.69) is 10.1 Å². The number of hydrogen-bond donors (Lipinski definition) is 1. The zero-order valence-corrected chi connectivity index (χ0v) is 8.94. The van der Waals surface area contributed by atoms with Crippen molar-refractivity contribution in [3.63, 3.8) is 0 Å². The highest BCUT2D eigenvalue weighted by Crippen LogP contribution is 2.11. The van der Waals surface area contributed by atoms with E-state index in [1.807, 2.05) is 30.7 Å². The Hall–Kier alpha value is -1.68. The quantitative estimate of drug-likeness (QED) is 0.799. The highest BCUT2D eigenvalue weighted by Gasteiger charge is 2.04. The molecule has 0 unspecified atom stereocenters. The summed E-state index contributed by atoms with van der Waals surface area (Å²) >= 11 is 0. The van der Waals surface area contributed by atoms with Crippen LogP contribution in [-0.2, 0) is 6.54 Å². The summed E-state index contributed by atoms with van der Waals surface area (Å²) in [6.45, 7) is 4.50. The second-order valence-electron chi connectivity index (χ2n) is 3.59. The molecule has 4 heteroatoms. The van der Waals surface area contributed by atoms with Gasteiger partial charge in [0.1, 0.15) is 0 Å². The van der Waals surface area contributed by atoms with E-state index in [0.717, 1.165) is 22.6 Å². The number of rotatable bonds is 2. The van der Waals surface area contributed by atoms with Crippen molar-refractivity contribution in [2.24, 2.45) is 5.73 Å². The molecule has 0 fully saturated rings. The van der Waals surface area contributed by atoms with Crippen molar-refractivity contribution in [3.05, 3.63) is 41.5 Å². The van der Waals surface area contributed by atoms with Crippen molar-refractivity contribution in [2.75, 3.05) is 0 Å². The topological polar surface area (TPSA) is 56.7 Å². The van der Waals surface area contributed by atoms with Crippen molar-refractivity contribution in [1.29, 1.82) is 0 Å². The van der Waals surface area contributed by atoms with Crippen molar-refractivity contribution in [1.82, 2.24) is 14.8 Å². The fraction of sp³-hybridized carbons (Fsp3) is 0.273. The number of nitrogens with two attached hydrogens (primary N) is 1. The third-order valence-corrected chi connectivity index (χ3v) is 2.27. The van der Waals surface area contributed by atoms with E-state index in [1.165, 1.54) is 0 Å². The first-order valence-corrected chi connectivity index (χ1v) is 4.88. The van der Waals surface area contributed by atoms with Crippen LogP contribution < -0.4 is 5.73 Å². The minimum atomic E-state index is 0.500. The molecule has 2 heterocycles. The van der Waals surface area contributed by atoms with Gasteiger partial charge in [-0.25, -0.2) is 4.68 Å². The smallest absolute Gasteiger partial charge is 0.0835 e. The zero-order chi connectivity index (χ0) is 10.8. The summed E-state index contributed by atoms with van der Waals surface area (Å²) in [5.74, 6) is 0. The monoisotopic (exact) mass is 202 g/mol. The average Bonchev–Trinajstić information content (AvgIpc) is 2.58. The molecular formula is C11H14N4. The molecule has 0 aromatic carbocycles. The van der Waals surface area contributed by atoms with Crippen LogP contribution in [0.2, 0.25) is 0 Å². The van der Waals surface area contributed by atoms with Gasteiger partial charge in [-0.15, -0.1) is 0 Å². The lowest BCUT2D eigenvalue weighted by atomic mass is 10.2. The Labute approximate surface area is 88.8 Å². The van der Waals surface area contributed by atoms with Gasteiger partial charge in [-0.1, -0.05) is 0 Å². The largest absolute Gasteiger partial charge is 0.326 e. The van der Waals surface area contributed by atoms with Crippen LogP contribution in [0, 0.1) is 13.8 Å². The van der Waals surface area contributed by atoms with Gasteiger partial charge in [-0.3, -0.25) is 4.98 Å². The van der Waals surface area contributed by atoms with Crippen molar-refractivity contribution < 1.29 is 0 Å². The lowest BCUT2D eigenvalue weighted by Crippen LogP contribution is -2.03. The Morgan fingerprint density at radius 1 is 1.27 bits per heavy atom. The van der Waals surface area contributed by atoms with E-state index < -0.39 is 0 Å². The number of nitrogens with zero attached hydrogens (tertiary/aromatic N) is 3. The van der Waals surface area contributed by atoms with Gasteiger partial charge in [0, 0.05) is 18.4 Å². The van der Waals surface area contributed by atoms with E-state index >= 15 is 0 Å². The molecule has 2 rings (SSSR count). The Morgan fingerprint density at radius 3 is 2.67 bits per heavy atom. The van der Waals surface area contributed by atoms with Crippen LogP contribution in [0.15, 0.2) is 24.5 Å². The molecule has 0 saturated carbocycles.